The molecule has 3 aromatic rings. The van der Waals surface area contributed by atoms with Crippen molar-refractivity contribution in [1.82, 2.24) is 4.98 Å². The number of carbonyl (C=O) groups excluding carboxylic acids is 1. The largest absolute Gasteiger partial charge is 0.443 e. The summed E-state index contributed by atoms with van der Waals surface area (Å²) in [7, 11) is -3.08. The fourth-order valence-electron chi connectivity index (χ4n) is 3.27. The highest BCUT2D eigenvalue weighted by atomic mass is 35.5. The average Bonchev–Trinajstić information content (AvgIpc) is 3.29. The molecule has 2 aromatic carbocycles. The SMILES string of the molecule is [CH2]CCN(C)c1cc(F)ccc1Nc1cc(F)c(S(=O)(=O)N(C(=O)OC(C)(C)C)c2cscn2)cc1Cl. The molecule has 1 heterocycles. The van der Waals surface area contributed by atoms with E-state index in [1.807, 2.05) is 0 Å². The van der Waals surface area contributed by atoms with Crippen LogP contribution in [0.3, 0.4) is 0 Å². The van der Waals surface area contributed by atoms with Crippen LogP contribution in [-0.2, 0) is 14.8 Å². The van der Waals surface area contributed by atoms with Gasteiger partial charge in [0.05, 0.1) is 27.6 Å². The average molecular weight is 572 g/mol. The number of thiazole rings is 1. The molecule has 0 spiro atoms. The second kappa shape index (κ2) is 11.2. The molecule has 0 saturated carbocycles. The van der Waals surface area contributed by atoms with Crippen molar-refractivity contribution >= 4 is 61.9 Å². The minimum Gasteiger partial charge on any atom is -0.443 e. The molecule has 1 N–H and O–H groups in total. The molecule has 8 nitrogen and oxygen atoms in total. The lowest BCUT2D eigenvalue weighted by Crippen LogP contribution is -2.41. The molecule has 0 unspecified atom stereocenters. The number of rotatable bonds is 8. The van der Waals surface area contributed by atoms with Gasteiger partial charge in [0, 0.05) is 25.0 Å². The number of nitrogens with one attached hydrogen (secondary N) is 1. The molecule has 13 heteroatoms. The van der Waals surface area contributed by atoms with Crippen LogP contribution in [0.15, 0.2) is 46.1 Å². The molecular weight excluding hydrogens is 546 g/mol. The maximum Gasteiger partial charge on any atom is 0.430 e. The van der Waals surface area contributed by atoms with E-state index in [0.717, 1.165) is 23.5 Å². The minimum atomic E-state index is -4.82. The first-order valence-corrected chi connectivity index (χ1v) is 13.7. The van der Waals surface area contributed by atoms with Crippen LogP contribution in [0.2, 0.25) is 5.02 Å². The second-order valence-electron chi connectivity index (χ2n) is 8.92. The van der Waals surface area contributed by atoms with E-state index in [1.165, 1.54) is 29.1 Å². The van der Waals surface area contributed by atoms with Crippen LogP contribution in [0.5, 0.6) is 0 Å². The summed E-state index contributed by atoms with van der Waals surface area (Å²) in [5.74, 6) is -1.90. The van der Waals surface area contributed by atoms with Crippen molar-refractivity contribution < 1.29 is 26.7 Å². The van der Waals surface area contributed by atoms with Crippen LogP contribution < -0.4 is 14.5 Å². The Morgan fingerprint density at radius 1 is 1.22 bits per heavy atom. The highest BCUT2D eigenvalue weighted by molar-refractivity contribution is 7.93. The fraction of sp³-hybridized carbons (Fsp3) is 0.292. The Hall–Kier alpha value is -2.96. The van der Waals surface area contributed by atoms with E-state index in [4.69, 9.17) is 16.3 Å². The number of hydrogen-bond acceptors (Lipinski definition) is 8. The van der Waals surface area contributed by atoms with Gasteiger partial charge in [-0.2, -0.15) is 0 Å². The Morgan fingerprint density at radius 2 is 1.92 bits per heavy atom. The third-order valence-electron chi connectivity index (χ3n) is 4.86. The monoisotopic (exact) mass is 571 g/mol. The van der Waals surface area contributed by atoms with Crippen molar-refractivity contribution in [3.63, 3.8) is 0 Å². The number of nitrogens with zero attached hydrogens (tertiary/aromatic N) is 3. The Morgan fingerprint density at radius 3 is 2.51 bits per heavy atom. The lowest BCUT2D eigenvalue weighted by Gasteiger charge is -2.26. The number of carbonyl (C=O) groups is 1. The summed E-state index contributed by atoms with van der Waals surface area (Å²) in [5.41, 5.74) is 1.21. The number of aromatic nitrogens is 1. The Bertz CT molecular complexity index is 1380. The number of hydrogen-bond donors (Lipinski definition) is 1. The van der Waals surface area contributed by atoms with Crippen molar-refractivity contribution in [1.29, 1.82) is 0 Å². The Labute approximate surface area is 223 Å². The summed E-state index contributed by atoms with van der Waals surface area (Å²) in [6.07, 6.45) is -0.692. The molecule has 199 valence electrons. The topological polar surface area (TPSA) is 91.8 Å². The molecule has 0 aliphatic heterocycles. The van der Waals surface area contributed by atoms with Crippen LogP contribution >= 0.6 is 22.9 Å². The van der Waals surface area contributed by atoms with Crippen LogP contribution in [0.4, 0.5) is 36.5 Å². The molecule has 1 radical (unpaired) electrons. The van der Waals surface area contributed by atoms with Gasteiger partial charge < -0.3 is 15.0 Å². The second-order valence-corrected chi connectivity index (χ2v) is 11.8. The fourth-order valence-corrected chi connectivity index (χ4v) is 5.48. The minimum absolute atomic E-state index is 0.0338. The number of halogens is 3. The van der Waals surface area contributed by atoms with Crippen LogP contribution in [-0.4, -0.2) is 38.7 Å². The van der Waals surface area contributed by atoms with E-state index in [2.05, 4.69) is 17.2 Å². The molecule has 0 saturated heterocycles. The molecule has 0 atom stereocenters. The van der Waals surface area contributed by atoms with E-state index >= 15 is 4.39 Å². The van der Waals surface area contributed by atoms with Gasteiger partial charge in [-0.15, -0.1) is 15.6 Å². The summed E-state index contributed by atoms with van der Waals surface area (Å²) >= 11 is 7.40. The Kier molecular flexibility index (Phi) is 8.66. The Balaban J connectivity index is 2.04. The first kappa shape index (κ1) is 28.6. The lowest BCUT2D eigenvalue weighted by atomic mass is 10.2. The van der Waals surface area contributed by atoms with Gasteiger partial charge >= 0.3 is 6.09 Å². The smallest absolute Gasteiger partial charge is 0.430 e. The summed E-state index contributed by atoms with van der Waals surface area (Å²) in [6, 6.07) is 5.75. The third-order valence-corrected chi connectivity index (χ3v) is 7.43. The quantitative estimate of drug-likeness (QED) is 0.325. The van der Waals surface area contributed by atoms with Crippen molar-refractivity contribution in [2.75, 3.05) is 28.1 Å². The first-order valence-electron chi connectivity index (χ1n) is 11.0. The number of amides is 1. The molecule has 1 aromatic heterocycles. The standard InChI is InChI=1S/C24H26ClF2N4O4S2/c1-6-9-30(5)20-10-15(26)7-8-18(20)29-19-12-17(27)21(11-16(19)25)37(33,34)31(22-13-36-14-28-22)23(32)35-24(2,3)4/h7-8,10-14,29H,1,6,9H2,2-5H3. The number of sulfonamides is 1. The summed E-state index contributed by atoms with van der Waals surface area (Å²) in [5, 5.41) is 4.09. The van der Waals surface area contributed by atoms with Gasteiger partial charge in [-0.3, -0.25) is 0 Å². The zero-order valence-corrected chi connectivity index (χ0v) is 23.0. The summed E-state index contributed by atoms with van der Waals surface area (Å²) < 4.78 is 61.7. The van der Waals surface area contributed by atoms with Gasteiger partial charge in [0.25, 0.3) is 10.0 Å². The van der Waals surface area contributed by atoms with E-state index in [1.54, 1.807) is 32.7 Å². The van der Waals surface area contributed by atoms with Crippen molar-refractivity contribution in [2.24, 2.45) is 0 Å². The predicted octanol–water partition coefficient (Wildman–Crippen LogP) is 6.61. The van der Waals surface area contributed by atoms with E-state index in [9.17, 15) is 17.6 Å². The molecule has 0 aliphatic carbocycles. The van der Waals surface area contributed by atoms with Crippen LogP contribution in [0.25, 0.3) is 0 Å². The van der Waals surface area contributed by atoms with Crippen molar-refractivity contribution in [3.8, 4) is 0 Å². The van der Waals surface area contributed by atoms with E-state index < -0.39 is 38.2 Å². The van der Waals surface area contributed by atoms with Gasteiger partial charge in [0.15, 0.2) is 5.82 Å². The van der Waals surface area contributed by atoms with Crippen molar-refractivity contribution in [2.45, 2.75) is 37.7 Å². The normalized spacial score (nSPS) is 11.8. The van der Waals surface area contributed by atoms with Gasteiger partial charge in [0.1, 0.15) is 22.1 Å². The number of ether oxygens (including phenoxy) is 1. The van der Waals surface area contributed by atoms with Crippen molar-refractivity contribution in [3.05, 3.63) is 64.8 Å². The first-order chi connectivity index (χ1) is 17.2. The summed E-state index contributed by atoms with van der Waals surface area (Å²) in [4.78, 5) is 17.6. The van der Waals surface area contributed by atoms with Gasteiger partial charge in [-0.25, -0.2) is 27.0 Å². The third kappa shape index (κ3) is 6.68. The predicted molar refractivity (Wildman–Crippen MR) is 142 cm³/mol. The molecule has 1 amide bonds. The molecule has 3 rings (SSSR count). The zero-order chi connectivity index (χ0) is 27.5. The van der Waals surface area contributed by atoms with Gasteiger partial charge in [0.2, 0.25) is 0 Å². The number of anilines is 4. The van der Waals surface area contributed by atoms with Gasteiger partial charge in [-0.05, 0) is 51.5 Å². The van der Waals surface area contributed by atoms with Gasteiger partial charge in [-0.1, -0.05) is 18.5 Å². The molecular formula is C24H26ClF2N4O4S2. The molecule has 0 fully saturated rings. The maximum atomic E-state index is 15.3. The van der Waals surface area contributed by atoms with E-state index in [-0.39, 0.29) is 16.5 Å². The van der Waals surface area contributed by atoms with E-state index in [0.29, 0.717) is 28.6 Å². The van der Waals surface area contributed by atoms with Crippen LogP contribution in [0, 0.1) is 18.6 Å². The highest BCUT2D eigenvalue weighted by Crippen LogP contribution is 2.36. The zero-order valence-electron chi connectivity index (χ0n) is 20.6. The number of benzene rings is 2. The lowest BCUT2D eigenvalue weighted by molar-refractivity contribution is 0.0608. The molecule has 37 heavy (non-hydrogen) atoms. The molecule has 0 bridgehead atoms. The summed E-state index contributed by atoms with van der Waals surface area (Å²) in [6.45, 7) is 9.00. The van der Waals surface area contributed by atoms with Crippen LogP contribution in [0.1, 0.15) is 27.2 Å². The maximum absolute atomic E-state index is 15.3. The highest BCUT2D eigenvalue weighted by Gasteiger charge is 2.38. The molecule has 0 aliphatic rings.